The Morgan fingerprint density at radius 2 is 1.74 bits per heavy atom. The summed E-state index contributed by atoms with van der Waals surface area (Å²) in [6, 6.07) is 12.8. The van der Waals surface area contributed by atoms with Crippen LogP contribution in [-0.4, -0.2) is 40.6 Å². The summed E-state index contributed by atoms with van der Waals surface area (Å²) in [5.74, 6) is -1.47. The van der Waals surface area contributed by atoms with Crippen molar-refractivity contribution in [3.05, 3.63) is 71.0 Å². The van der Waals surface area contributed by atoms with Gasteiger partial charge in [0.2, 0.25) is 0 Å². The number of halogens is 1. The topological polar surface area (TPSA) is 102 Å². The molecule has 1 spiro atoms. The number of carboxylic acid groups (broad SMARTS) is 1. The molecule has 1 atom stereocenters. The number of carbonyl (C=O) groups excluding carboxylic acids is 3. The van der Waals surface area contributed by atoms with E-state index < -0.39 is 11.6 Å². The van der Waals surface area contributed by atoms with Crippen molar-refractivity contribution in [2.45, 2.75) is 76.9 Å². The number of rotatable bonds is 10. The van der Waals surface area contributed by atoms with E-state index in [2.05, 4.69) is 19.2 Å². The van der Waals surface area contributed by atoms with Gasteiger partial charge in [0.1, 0.15) is 17.2 Å². The van der Waals surface area contributed by atoms with Crippen molar-refractivity contribution in [3.63, 3.8) is 0 Å². The van der Waals surface area contributed by atoms with Crippen molar-refractivity contribution >= 4 is 23.5 Å². The summed E-state index contributed by atoms with van der Waals surface area (Å²) in [4.78, 5) is 44.1. The molecule has 4 rings (SSSR count). The van der Waals surface area contributed by atoms with E-state index in [1.807, 2.05) is 17.0 Å². The fourth-order valence-corrected chi connectivity index (χ4v) is 5.70. The van der Waals surface area contributed by atoms with Crippen molar-refractivity contribution in [1.29, 1.82) is 0 Å². The fourth-order valence-electron chi connectivity index (χ4n) is 5.70. The number of aliphatic carboxylic acids is 1. The number of carbonyl (C=O) groups is 3. The summed E-state index contributed by atoms with van der Waals surface area (Å²) in [6.45, 7) is 4.27. The molecule has 0 aromatic heterocycles. The Kier molecular flexibility index (Phi) is 10.9. The molecule has 2 aromatic rings. The van der Waals surface area contributed by atoms with Crippen LogP contribution in [0.4, 0.5) is 4.39 Å². The van der Waals surface area contributed by atoms with Gasteiger partial charge in [0.15, 0.2) is 0 Å². The summed E-state index contributed by atoms with van der Waals surface area (Å²) in [5, 5.41) is 13.2. The van der Waals surface area contributed by atoms with Crippen molar-refractivity contribution in [1.82, 2.24) is 10.2 Å². The molecule has 1 aliphatic heterocycles. The molecule has 2 amide bonds. The van der Waals surface area contributed by atoms with Gasteiger partial charge in [-0.05, 0) is 80.0 Å². The molecule has 0 saturated heterocycles. The van der Waals surface area contributed by atoms with E-state index in [4.69, 9.17) is 4.99 Å². The Hall–Kier alpha value is -2.55. The summed E-state index contributed by atoms with van der Waals surface area (Å²) >= 11 is 0. The van der Waals surface area contributed by atoms with Gasteiger partial charge < -0.3 is 20.1 Å². The molecule has 1 fully saturated rings. The van der Waals surface area contributed by atoms with Crippen LogP contribution in [0.1, 0.15) is 92.7 Å². The Balaban J connectivity index is 0.00000420. The molecule has 1 saturated carbocycles. The smallest absolute Gasteiger partial charge is 0.550 e. The van der Waals surface area contributed by atoms with Crippen LogP contribution in [-0.2, 0) is 9.59 Å². The first-order valence-electron chi connectivity index (χ1n) is 13.6. The van der Waals surface area contributed by atoms with Crippen molar-refractivity contribution in [3.8, 4) is 0 Å². The number of hydrogen-bond acceptors (Lipinski definition) is 5. The third-order valence-corrected chi connectivity index (χ3v) is 7.84. The van der Waals surface area contributed by atoms with Crippen molar-refractivity contribution in [2.24, 2.45) is 10.9 Å². The molecular weight excluding hydrogens is 508 g/mol. The van der Waals surface area contributed by atoms with Crippen LogP contribution in [0.2, 0.25) is 0 Å². The molecule has 7 nitrogen and oxygen atoms in total. The number of carboxylic acids is 1. The van der Waals surface area contributed by atoms with E-state index in [9.17, 15) is 23.9 Å². The standard InChI is InChI=1S/C30H36FN3O4.Na/c1-3-5-25(21-6-8-23(9-7-21)28(37)32-19-16-26(35)36)34-29(38)27(22-10-12-24(31)13-11-22)33-30(34)17-14-20(4-2)15-18-30;/h6-13,20,25H,3-5,14-19H2,1-2H3,(H,32,37)(H,35,36);/q;+1/p-1/t20?,25-,30?;/m1./s1. The first kappa shape index (κ1) is 31.0. The Morgan fingerprint density at radius 1 is 1.10 bits per heavy atom. The second-order valence-corrected chi connectivity index (χ2v) is 10.3. The molecule has 202 valence electrons. The minimum atomic E-state index is -1.22. The van der Waals surface area contributed by atoms with E-state index in [1.165, 1.54) is 12.1 Å². The van der Waals surface area contributed by atoms with E-state index in [0.717, 1.165) is 50.5 Å². The number of nitrogens with zero attached hydrogens (tertiary/aromatic N) is 2. The Labute approximate surface area is 251 Å². The van der Waals surface area contributed by atoms with Gasteiger partial charge in [-0.1, -0.05) is 38.8 Å². The zero-order valence-electron chi connectivity index (χ0n) is 23.0. The van der Waals surface area contributed by atoms with Crippen molar-refractivity contribution < 1.29 is 53.4 Å². The van der Waals surface area contributed by atoms with Crippen LogP contribution in [0.3, 0.4) is 0 Å². The maximum Gasteiger partial charge on any atom is 1.00 e. The summed E-state index contributed by atoms with van der Waals surface area (Å²) in [7, 11) is 0. The minimum Gasteiger partial charge on any atom is -0.550 e. The quantitative estimate of drug-likeness (QED) is 0.455. The zero-order chi connectivity index (χ0) is 27.3. The van der Waals surface area contributed by atoms with E-state index in [1.54, 1.807) is 24.3 Å². The van der Waals surface area contributed by atoms with Gasteiger partial charge in [-0.2, -0.15) is 0 Å². The summed E-state index contributed by atoms with van der Waals surface area (Å²) in [5.41, 5.74) is 1.68. The Bertz CT molecular complexity index is 1190. The predicted octanol–water partition coefficient (Wildman–Crippen LogP) is 1.17. The van der Waals surface area contributed by atoms with Gasteiger partial charge in [-0.15, -0.1) is 0 Å². The first-order valence-corrected chi connectivity index (χ1v) is 13.6. The Morgan fingerprint density at radius 3 is 2.31 bits per heavy atom. The van der Waals surface area contributed by atoms with Gasteiger partial charge in [-0.3, -0.25) is 14.6 Å². The number of aliphatic imine (C=N–C) groups is 1. The van der Waals surface area contributed by atoms with E-state index >= 15 is 0 Å². The van der Waals surface area contributed by atoms with Crippen LogP contribution in [0.25, 0.3) is 0 Å². The van der Waals surface area contributed by atoms with Crippen LogP contribution < -0.4 is 40.0 Å². The average molecular weight is 544 g/mol. The minimum absolute atomic E-state index is 0. The van der Waals surface area contributed by atoms with E-state index in [-0.39, 0.29) is 66.2 Å². The number of amides is 2. The number of hydrogen-bond donors (Lipinski definition) is 1. The molecule has 1 aliphatic carbocycles. The average Bonchev–Trinajstić information content (AvgIpc) is 3.19. The van der Waals surface area contributed by atoms with Gasteiger partial charge in [0.25, 0.3) is 11.8 Å². The molecule has 9 heteroatoms. The molecule has 1 heterocycles. The third-order valence-electron chi connectivity index (χ3n) is 7.84. The van der Waals surface area contributed by atoms with E-state index in [0.29, 0.717) is 22.8 Å². The van der Waals surface area contributed by atoms with Crippen LogP contribution in [0.5, 0.6) is 0 Å². The van der Waals surface area contributed by atoms with Crippen molar-refractivity contribution in [2.75, 3.05) is 6.54 Å². The second kappa shape index (κ2) is 13.7. The molecule has 0 unspecified atom stereocenters. The van der Waals surface area contributed by atoms with Gasteiger partial charge in [0, 0.05) is 30.1 Å². The predicted molar refractivity (Wildman–Crippen MR) is 141 cm³/mol. The zero-order valence-corrected chi connectivity index (χ0v) is 25.0. The van der Waals surface area contributed by atoms with Gasteiger partial charge in [-0.25, -0.2) is 4.39 Å². The molecule has 2 aromatic carbocycles. The monoisotopic (exact) mass is 543 g/mol. The van der Waals surface area contributed by atoms with Gasteiger partial charge in [0.05, 0.1) is 6.04 Å². The number of nitrogens with one attached hydrogen (secondary N) is 1. The molecule has 1 N–H and O–H groups in total. The first-order chi connectivity index (χ1) is 18.3. The molecule has 2 aliphatic rings. The second-order valence-electron chi connectivity index (χ2n) is 10.3. The molecular formula is C30H35FN3NaO4. The maximum atomic E-state index is 14.0. The molecule has 0 bridgehead atoms. The van der Waals surface area contributed by atoms with Gasteiger partial charge >= 0.3 is 29.6 Å². The summed E-state index contributed by atoms with van der Waals surface area (Å²) in [6.07, 6.45) is 5.96. The SMILES string of the molecule is CCC[C@H](c1ccc(C(=O)NCCC(=O)[O-])cc1)N1C(=O)C(c2ccc(F)cc2)=NC12CCC(CC)CC2.[Na+]. The third kappa shape index (κ3) is 6.97. The normalized spacial score (nSPS) is 21.3. The summed E-state index contributed by atoms with van der Waals surface area (Å²) < 4.78 is 13.6. The molecule has 0 radical (unpaired) electrons. The fraction of sp³-hybridized carbons (Fsp3) is 0.467. The molecule has 39 heavy (non-hydrogen) atoms. The van der Waals surface area contributed by atoms with Crippen LogP contribution in [0.15, 0.2) is 53.5 Å². The van der Waals surface area contributed by atoms with Crippen LogP contribution in [0, 0.1) is 11.7 Å². The van der Waals surface area contributed by atoms with Crippen LogP contribution >= 0.6 is 0 Å². The maximum absolute atomic E-state index is 14.0. The number of benzene rings is 2. The largest absolute Gasteiger partial charge is 1.00 e.